The Labute approximate surface area is 229 Å². The zero-order valence-electron chi connectivity index (χ0n) is 23.8. The van der Waals surface area contributed by atoms with Gasteiger partial charge in [0.25, 0.3) is 0 Å². The smallest absolute Gasteiger partial charge is 0.0640 e. The molecule has 0 aromatic heterocycles. The van der Waals surface area contributed by atoms with Crippen LogP contribution in [0.25, 0.3) is 0 Å². The third kappa shape index (κ3) is 6.67. The summed E-state index contributed by atoms with van der Waals surface area (Å²) in [5.41, 5.74) is 9.82. The van der Waals surface area contributed by atoms with Crippen molar-refractivity contribution < 1.29 is 0 Å². The van der Waals surface area contributed by atoms with Crippen LogP contribution in [0.5, 0.6) is 0 Å². The van der Waals surface area contributed by atoms with E-state index in [1.54, 1.807) is 0 Å². The molecule has 0 atom stereocenters. The molecule has 0 N–H and O–H groups in total. The maximum absolute atomic E-state index is 9.08. The highest BCUT2D eigenvalue weighted by Gasteiger charge is 2.22. The van der Waals surface area contributed by atoms with E-state index in [4.69, 9.17) is 10.5 Å². The van der Waals surface area contributed by atoms with Gasteiger partial charge in [-0.3, -0.25) is 0 Å². The first-order valence-corrected chi connectivity index (χ1v) is 13.6. The molecule has 0 fully saturated rings. The van der Waals surface area contributed by atoms with Crippen molar-refractivity contribution in [1.82, 2.24) is 0 Å². The summed E-state index contributed by atoms with van der Waals surface area (Å²) >= 11 is 0. The van der Waals surface area contributed by atoms with Crippen LogP contribution in [0.3, 0.4) is 0 Å². The highest BCUT2D eigenvalue weighted by atomic mass is 15.1. The number of nitriles is 2. The van der Waals surface area contributed by atoms with Crippen LogP contribution < -0.4 is 14.7 Å². The van der Waals surface area contributed by atoms with Crippen LogP contribution in [0.1, 0.15) is 60.4 Å². The molecule has 3 aromatic rings. The number of benzene rings is 3. The summed E-state index contributed by atoms with van der Waals surface area (Å²) in [6.07, 6.45) is 1.04. The quantitative estimate of drug-likeness (QED) is 0.246. The minimum absolute atomic E-state index is 0.0951. The molecular formula is C33H41N5. The fraction of sp³-hybridized carbons (Fsp3) is 0.394. The van der Waals surface area contributed by atoms with E-state index in [2.05, 4.69) is 129 Å². The lowest BCUT2D eigenvalue weighted by molar-refractivity contribution is 0.823. The summed E-state index contributed by atoms with van der Waals surface area (Å²) < 4.78 is 0. The third-order valence-electron chi connectivity index (χ3n) is 7.35. The van der Waals surface area contributed by atoms with Crippen molar-refractivity contribution in [3.63, 3.8) is 0 Å². The van der Waals surface area contributed by atoms with Crippen molar-refractivity contribution in [1.29, 1.82) is 10.5 Å². The number of anilines is 3. The second kappa shape index (κ2) is 13.5. The number of hydrogen-bond donors (Lipinski definition) is 0. The van der Waals surface area contributed by atoms with Crippen LogP contribution in [0.2, 0.25) is 0 Å². The van der Waals surface area contributed by atoms with Gasteiger partial charge in [0.1, 0.15) is 0 Å². The number of hydrogen-bond acceptors (Lipinski definition) is 5. The van der Waals surface area contributed by atoms with E-state index in [0.717, 1.165) is 37.6 Å². The van der Waals surface area contributed by atoms with Crippen molar-refractivity contribution >= 4 is 17.1 Å². The summed E-state index contributed by atoms with van der Waals surface area (Å²) in [4.78, 5) is 6.66. The molecule has 5 nitrogen and oxygen atoms in total. The van der Waals surface area contributed by atoms with E-state index in [-0.39, 0.29) is 5.92 Å². The van der Waals surface area contributed by atoms with Gasteiger partial charge in [-0.15, -0.1) is 0 Å². The van der Waals surface area contributed by atoms with Gasteiger partial charge in [0.2, 0.25) is 0 Å². The van der Waals surface area contributed by atoms with E-state index >= 15 is 0 Å². The Kier molecular flexibility index (Phi) is 10.2. The molecule has 38 heavy (non-hydrogen) atoms. The lowest BCUT2D eigenvalue weighted by Gasteiger charge is -2.28. The Hall–Kier alpha value is -3.96. The Morgan fingerprint density at radius 2 is 1.08 bits per heavy atom. The van der Waals surface area contributed by atoms with E-state index < -0.39 is 0 Å². The van der Waals surface area contributed by atoms with Gasteiger partial charge >= 0.3 is 0 Å². The van der Waals surface area contributed by atoms with Gasteiger partial charge in [-0.2, -0.15) is 10.5 Å². The largest absolute Gasteiger partial charge is 0.378 e. The lowest BCUT2D eigenvalue weighted by atomic mass is 9.81. The molecule has 0 radical (unpaired) electrons. The Morgan fingerprint density at radius 1 is 0.658 bits per heavy atom. The number of rotatable bonds is 12. The van der Waals surface area contributed by atoms with Crippen molar-refractivity contribution in [3.05, 3.63) is 88.5 Å². The van der Waals surface area contributed by atoms with Gasteiger partial charge in [-0.25, -0.2) is 0 Å². The van der Waals surface area contributed by atoms with Crippen LogP contribution in [0.4, 0.5) is 17.1 Å². The standard InChI is InChI=1S/C33H41N5/c1-7-37(21-9-19-34)29-15-17-31(25(3)23-29)33(27-11-13-28(14-12-27)36(5)6)32-18-16-30(24-26(32)4)38(8-2)22-10-20-35/h11-18,23-24,33H,7-10,21-22H2,1-6H3. The van der Waals surface area contributed by atoms with Crippen LogP contribution in [0, 0.1) is 36.5 Å². The Morgan fingerprint density at radius 3 is 1.42 bits per heavy atom. The topological polar surface area (TPSA) is 57.3 Å². The second-order valence-electron chi connectivity index (χ2n) is 9.98. The van der Waals surface area contributed by atoms with E-state index in [1.165, 1.54) is 33.5 Å². The summed E-state index contributed by atoms with van der Waals surface area (Å²) in [6.45, 7) is 11.9. The molecule has 0 unspecified atom stereocenters. The van der Waals surface area contributed by atoms with Gasteiger partial charge in [0.05, 0.1) is 25.0 Å². The van der Waals surface area contributed by atoms with Crippen molar-refractivity contribution in [3.8, 4) is 12.1 Å². The minimum atomic E-state index is 0.0951. The fourth-order valence-electron chi connectivity index (χ4n) is 5.16. The zero-order valence-corrected chi connectivity index (χ0v) is 23.8. The normalized spacial score (nSPS) is 10.7. The van der Waals surface area contributed by atoms with Gasteiger partial charge in [-0.05, 0) is 91.9 Å². The minimum Gasteiger partial charge on any atom is -0.378 e. The van der Waals surface area contributed by atoms with Gasteiger partial charge in [0.15, 0.2) is 0 Å². The molecule has 0 saturated heterocycles. The van der Waals surface area contributed by atoms with Crippen LogP contribution in [-0.4, -0.2) is 40.3 Å². The third-order valence-corrected chi connectivity index (χ3v) is 7.35. The predicted molar refractivity (Wildman–Crippen MR) is 160 cm³/mol. The molecule has 0 spiro atoms. The number of nitrogens with zero attached hydrogens (tertiary/aromatic N) is 5. The average Bonchev–Trinajstić information content (AvgIpc) is 2.92. The first kappa shape index (κ1) is 28.6. The molecule has 198 valence electrons. The second-order valence-corrected chi connectivity index (χ2v) is 9.98. The molecule has 0 aliphatic carbocycles. The maximum atomic E-state index is 9.08. The van der Waals surface area contributed by atoms with E-state index in [9.17, 15) is 0 Å². The first-order valence-electron chi connectivity index (χ1n) is 13.6. The van der Waals surface area contributed by atoms with Gasteiger partial charge in [0, 0.05) is 63.3 Å². The van der Waals surface area contributed by atoms with Crippen molar-refractivity contribution in [2.75, 3.05) is 55.0 Å². The Balaban J connectivity index is 2.10. The van der Waals surface area contributed by atoms with Crippen LogP contribution in [-0.2, 0) is 0 Å². The molecule has 0 aliphatic rings. The fourth-order valence-corrected chi connectivity index (χ4v) is 5.16. The molecule has 0 heterocycles. The summed E-state index contributed by atoms with van der Waals surface area (Å²) in [5.74, 6) is 0.0951. The monoisotopic (exact) mass is 507 g/mol. The molecule has 0 saturated carbocycles. The Bertz CT molecular complexity index is 1200. The summed E-state index contributed by atoms with van der Waals surface area (Å²) in [6, 6.07) is 26.9. The van der Waals surface area contributed by atoms with Crippen molar-refractivity contribution in [2.24, 2.45) is 0 Å². The molecular weight excluding hydrogens is 466 g/mol. The molecule has 3 aromatic carbocycles. The lowest BCUT2D eigenvalue weighted by Crippen LogP contribution is -2.24. The SMILES string of the molecule is CCN(CCC#N)c1ccc(C(c2ccc(N(C)C)cc2)c2ccc(N(CC)CCC#N)cc2C)c(C)c1. The highest BCUT2D eigenvalue weighted by molar-refractivity contribution is 5.59. The zero-order chi connectivity index (χ0) is 27.7. The molecule has 3 rings (SSSR count). The van der Waals surface area contributed by atoms with Crippen molar-refractivity contribution in [2.45, 2.75) is 46.5 Å². The van der Waals surface area contributed by atoms with Gasteiger partial charge < -0.3 is 14.7 Å². The average molecular weight is 508 g/mol. The van der Waals surface area contributed by atoms with Gasteiger partial charge in [-0.1, -0.05) is 24.3 Å². The summed E-state index contributed by atoms with van der Waals surface area (Å²) in [5, 5.41) is 18.2. The first-order chi connectivity index (χ1) is 18.3. The van der Waals surface area contributed by atoms with E-state index in [0.29, 0.717) is 12.8 Å². The molecule has 0 aliphatic heterocycles. The van der Waals surface area contributed by atoms with Crippen LogP contribution >= 0.6 is 0 Å². The number of aryl methyl sites for hydroxylation is 2. The molecule has 0 bridgehead atoms. The van der Waals surface area contributed by atoms with E-state index in [1.807, 2.05) is 0 Å². The highest BCUT2D eigenvalue weighted by Crippen LogP contribution is 2.38. The molecule has 5 heteroatoms. The molecule has 0 amide bonds. The van der Waals surface area contributed by atoms with Crippen LogP contribution in [0.15, 0.2) is 60.7 Å². The summed E-state index contributed by atoms with van der Waals surface area (Å²) in [7, 11) is 4.13. The predicted octanol–water partition coefficient (Wildman–Crippen LogP) is 7.03. The maximum Gasteiger partial charge on any atom is 0.0640 e.